The van der Waals surface area contributed by atoms with E-state index in [2.05, 4.69) is 21.2 Å². The number of ether oxygens (including phenoxy) is 2. The predicted molar refractivity (Wildman–Crippen MR) is 120 cm³/mol. The minimum absolute atomic E-state index is 0.398. The van der Waals surface area contributed by atoms with Crippen LogP contribution in [0, 0.1) is 6.92 Å². The van der Waals surface area contributed by atoms with E-state index in [1.807, 2.05) is 61.5 Å². The Bertz CT molecular complexity index is 979. The molecule has 1 N–H and O–H groups in total. The Labute approximate surface area is 183 Å². The molecule has 6 heteroatoms. The quantitative estimate of drug-likeness (QED) is 0.385. The van der Waals surface area contributed by atoms with E-state index in [1.54, 1.807) is 7.11 Å². The van der Waals surface area contributed by atoms with Crippen molar-refractivity contribution in [3.63, 3.8) is 0 Å². The Balaban J connectivity index is 1.74. The molecule has 0 amide bonds. The Hall–Kier alpha value is -1.88. The molecule has 0 unspecified atom stereocenters. The molecule has 0 bridgehead atoms. The molecule has 3 rings (SSSR count). The number of hydrogen-bond donors (Lipinski definition) is 1. The van der Waals surface area contributed by atoms with E-state index in [1.165, 1.54) is 0 Å². The van der Waals surface area contributed by atoms with Gasteiger partial charge in [-0.25, -0.2) is 0 Å². The van der Waals surface area contributed by atoms with E-state index in [4.69, 9.17) is 32.7 Å². The van der Waals surface area contributed by atoms with Gasteiger partial charge in [-0.1, -0.05) is 41.4 Å². The van der Waals surface area contributed by atoms with Crippen molar-refractivity contribution in [2.45, 2.75) is 20.1 Å². The van der Waals surface area contributed by atoms with Crippen LogP contribution < -0.4 is 14.8 Å². The monoisotopic (exact) mass is 479 g/mol. The largest absolute Gasteiger partial charge is 0.493 e. The van der Waals surface area contributed by atoms with Crippen molar-refractivity contribution in [3.05, 3.63) is 85.8 Å². The minimum Gasteiger partial charge on any atom is -0.493 e. The summed E-state index contributed by atoms with van der Waals surface area (Å²) in [4.78, 5) is 0. The van der Waals surface area contributed by atoms with Gasteiger partial charge in [-0.15, -0.1) is 0 Å². The fourth-order valence-electron chi connectivity index (χ4n) is 2.79. The standard InChI is InChI=1S/C22H20BrCl2NO2/c1-14-19(25)7-4-8-20(14)26-12-16-10-18(23)22(21(11-16)27-2)28-13-15-5-3-6-17(24)9-15/h3-11,26H,12-13H2,1-2H3. The van der Waals surface area contributed by atoms with Gasteiger partial charge >= 0.3 is 0 Å². The van der Waals surface area contributed by atoms with Crippen molar-refractivity contribution < 1.29 is 9.47 Å². The summed E-state index contributed by atoms with van der Waals surface area (Å²) in [6.45, 7) is 3.02. The second kappa shape index (κ2) is 9.55. The second-order valence-electron chi connectivity index (χ2n) is 6.29. The average Bonchev–Trinajstić information content (AvgIpc) is 2.68. The van der Waals surface area contributed by atoms with Crippen molar-refractivity contribution >= 4 is 44.8 Å². The minimum atomic E-state index is 0.398. The Morgan fingerprint density at radius 1 is 1.00 bits per heavy atom. The first-order valence-electron chi connectivity index (χ1n) is 8.70. The van der Waals surface area contributed by atoms with Crippen LogP contribution in [-0.2, 0) is 13.2 Å². The molecule has 0 radical (unpaired) electrons. The maximum Gasteiger partial charge on any atom is 0.175 e. The molecule has 0 aromatic heterocycles. The van der Waals surface area contributed by atoms with Crippen LogP contribution in [0.3, 0.4) is 0 Å². The Kier molecular flexibility index (Phi) is 7.11. The topological polar surface area (TPSA) is 30.5 Å². The lowest BCUT2D eigenvalue weighted by atomic mass is 10.1. The van der Waals surface area contributed by atoms with E-state index < -0.39 is 0 Å². The summed E-state index contributed by atoms with van der Waals surface area (Å²) in [6, 6.07) is 17.4. The number of nitrogens with one attached hydrogen (secondary N) is 1. The Morgan fingerprint density at radius 3 is 2.54 bits per heavy atom. The molecule has 0 atom stereocenters. The molecule has 0 spiro atoms. The maximum absolute atomic E-state index is 6.19. The van der Waals surface area contributed by atoms with Crippen LogP contribution in [0.4, 0.5) is 5.69 Å². The summed E-state index contributed by atoms with van der Waals surface area (Å²) in [5.41, 5.74) is 4.07. The zero-order valence-electron chi connectivity index (χ0n) is 15.6. The summed E-state index contributed by atoms with van der Waals surface area (Å²) in [7, 11) is 1.63. The number of methoxy groups -OCH3 is 1. The summed E-state index contributed by atoms with van der Waals surface area (Å²) in [5.74, 6) is 1.32. The van der Waals surface area contributed by atoms with Crippen LogP contribution in [0.15, 0.2) is 59.1 Å². The van der Waals surface area contributed by atoms with Gasteiger partial charge in [0, 0.05) is 22.3 Å². The van der Waals surface area contributed by atoms with Crippen molar-refractivity contribution in [3.8, 4) is 11.5 Å². The van der Waals surface area contributed by atoms with E-state index in [0.29, 0.717) is 29.7 Å². The van der Waals surface area contributed by atoms with Crippen LogP contribution >= 0.6 is 39.1 Å². The van der Waals surface area contributed by atoms with E-state index in [-0.39, 0.29) is 0 Å². The summed E-state index contributed by atoms with van der Waals surface area (Å²) < 4.78 is 12.4. The number of hydrogen-bond acceptors (Lipinski definition) is 3. The molecule has 28 heavy (non-hydrogen) atoms. The van der Waals surface area contributed by atoms with Crippen LogP contribution in [0.5, 0.6) is 11.5 Å². The van der Waals surface area contributed by atoms with Gasteiger partial charge in [0.1, 0.15) is 6.61 Å². The highest BCUT2D eigenvalue weighted by Crippen LogP contribution is 2.37. The van der Waals surface area contributed by atoms with Gasteiger partial charge in [0.15, 0.2) is 11.5 Å². The van der Waals surface area contributed by atoms with Crippen molar-refractivity contribution in [1.82, 2.24) is 0 Å². The molecular formula is C22H20BrCl2NO2. The molecule has 0 aliphatic rings. The first kappa shape index (κ1) is 20.8. The third-order valence-electron chi connectivity index (χ3n) is 4.31. The highest BCUT2D eigenvalue weighted by molar-refractivity contribution is 9.10. The van der Waals surface area contributed by atoms with Gasteiger partial charge in [-0.2, -0.15) is 0 Å². The number of benzene rings is 3. The highest BCUT2D eigenvalue weighted by atomic mass is 79.9. The van der Waals surface area contributed by atoms with Crippen molar-refractivity contribution in [2.24, 2.45) is 0 Å². The third-order valence-corrected chi connectivity index (χ3v) is 5.55. The van der Waals surface area contributed by atoms with Gasteiger partial charge < -0.3 is 14.8 Å². The number of anilines is 1. The zero-order chi connectivity index (χ0) is 20.1. The first-order chi connectivity index (χ1) is 13.5. The molecule has 0 saturated carbocycles. The molecule has 146 valence electrons. The van der Waals surface area contributed by atoms with Gasteiger partial charge in [0.2, 0.25) is 0 Å². The molecule has 3 nitrogen and oxygen atoms in total. The fourth-order valence-corrected chi connectivity index (χ4v) is 3.79. The van der Waals surface area contributed by atoms with E-state index in [9.17, 15) is 0 Å². The maximum atomic E-state index is 6.19. The van der Waals surface area contributed by atoms with E-state index >= 15 is 0 Å². The molecule has 0 saturated heterocycles. The number of halogens is 3. The predicted octanol–water partition coefficient (Wildman–Crippen LogP) is 7.26. The van der Waals surface area contributed by atoms with Crippen molar-refractivity contribution in [1.29, 1.82) is 0 Å². The SMILES string of the molecule is COc1cc(CNc2cccc(Cl)c2C)cc(Br)c1OCc1cccc(Cl)c1. The normalized spacial score (nSPS) is 10.6. The summed E-state index contributed by atoms with van der Waals surface area (Å²) >= 11 is 15.8. The molecule has 3 aromatic rings. The van der Waals surface area contributed by atoms with Crippen LogP contribution in [-0.4, -0.2) is 7.11 Å². The lowest BCUT2D eigenvalue weighted by Gasteiger charge is -2.16. The summed E-state index contributed by atoms with van der Waals surface area (Å²) in [5, 5.41) is 4.84. The molecular weight excluding hydrogens is 461 g/mol. The number of rotatable bonds is 7. The third kappa shape index (κ3) is 5.13. The zero-order valence-corrected chi connectivity index (χ0v) is 18.7. The lowest BCUT2D eigenvalue weighted by molar-refractivity contribution is 0.282. The second-order valence-corrected chi connectivity index (χ2v) is 7.99. The fraction of sp³-hybridized carbons (Fsp3) is 0.182. The van der Waals surface area contributed by atoms with E-state index in [0.717, 1.165) is 31.9 Å². The molecule has 0 heterocycles. The van der Waals surface area contributed by atoms with Gasteiger partial charge in [-0.05, 0) is 75.9 Å². The van der Waals surface area contributed by atoms with Crippen LogP contribution in [0.2, 0.25) is 10.0 Å². The van der Waals surface area contributed by atoms with Crippen molar-refractivity contribution in [2.75, 3.05) is 12.4 Å². The molecule has 3 aromatic carbocycles. The van der Waals surface area contributed by atoms with Gasteiger partial charge in [0.25, 0.3) is 0 Å². The molecule has 0 aliphatic heterocycles. The lowest BCUT2D eigenvalue weighted by Crippen LogP contribution is -2.03. The molecule has 0 fully saturated rings. The van der Waals surface area contributed by atoms with Crippen LogP contribution in [0.1, 0.15) is 16.7 Å². The summed E-state index contributed by atoms with van der Waals surface area (Å²) in [6.07, 6.45) is 0. The smallest absolute Gasteiger partial charge is 0.175 e. The van der Waals surface area contributed by atoms with Gasteiger partial charge in [0.05, 0.1) is 11.6 Å². The van der Waals surface area contributed by atoms with Crippen LogP contribution in [0.25, 0.3) is 0 Å². The Morgan fingerprint density at radius 2 is 1.79 bits per heavy atom. The average molecular weight is 481 g/mol. The van der Waals surface area contributed by atoms with Gasteiger partial charge in [-0.3, -0.25) is 0 Å². The first-order valence-corrected chi connectivity index (χ1v) is 10.3. The molecule has 0 aliphatic carbocycles. The highest BCUT2D eigenvalue weighted by Gasteiger charge is 2.13.